The van der Waals surface area contributed by atoms with Gasteiger partial charge in [0.1, 0.15) is 4.21 Å². The smallest absolute Gasteiger partial charge is 0.252 e. The Morgan fingerprint density at radius 1 is 1.04 bits per heavy atom. The van der Waals surface area contributed by atoms with Gasteiger partial charge in [0, 0.05) is 24.8 Å². The molecular weight excluding hydrogens is 386 g/mol. The maximum atomic E-state index is 12.3. The Morgan fingerprint density at radius 2 is 1.59 bits per heavy atom. The summed E-state index contributed by atoms with van der Waals surface area (Å²) in [7, 11) is -2.31. The van der Waals surface area contributed by atoms with Gasteiger partial charge < -0.3 is 10.6 Å². The number of benzene rings is 1. The Hall–Kier alpha value is -2.23. The molecule has 0 aliphatic heterocycles. The molecule has 0 spiro atoms. The molecule has 0 unspecified atom stereocenters. The number of hydrogen-bond acceptors (Lipinski definition) is 5. The first-order valence-electron chi connectivity index (χ1n) is 8.38. The van der Waals surface area contributed by atoms with Gasteiger partial charge in [-0.2, -0.15) is 4.31 Å². The summed E-state index contributed by atoms with van der Waals surface area (Å²) in [5.74, 6) is -0.248. The van der Waals surface area contributed by atoms with Gasteiger partial charge in [0.15, 0.2) is 0 Å². The molecule has 2 rings (SSSR count). The molecule has 1 heterocycles. The van der Waals surface area contributed by atoms with E-state index in [9.17, 15) is 18.0 Å². The van der Waals surface area contributed by atoms with Crippen molar-refractivity contribution in [3.63, 3.8) is 0 Å². The third-order valence-electron chi connectivity index (χ3n) is 3.57. The molecular formula is C18H23N3O4S2. The normalized spacial score (nSPS) is 11.6. The number of thiophene rings is 1. The second-order valence-electron chi connectivity index (χ2n) is 6.46. The number of likely N-dealkylation sites (N-methyl/N-ethyl adjacent to an activating group) is 1. The van der Waals surface area contributed by atoms with E-state index >= 15 is 0 Å². The lowest BCUT2D eigenvalue weighted by molar-refractivity contribution is -0.117. The van der Waals surface area contributed by atoms with E-state index in [-0.39, 0.29) is 22.6 Å². The lowest BCUT2D eigenvalue weighted by atomic mass is 10.1. The van der Waals surface area contributed by atoms with E-state index in [2.05, 4.69) is 10.6 Å². The number of hydrogen-bond donors (Lipinski definition) is 2. The fraction of sp³-hybridized carbons (Fsp3) is 0.333. The highest BCUT2D eigenvalue weighted by Gasteiger charge is 2.23. The van der Waals surface area contributed by atoms with E-state index in [1.807, 2.05) is 13.8 Å². The minimum atomic E-state index is -3.67. The zero-order valence-electron chi connectivity index (χ0n) is 15.4. The van der Waals surface area contributed by atoms with Crippen LogP contribution < -0.4 is 10.6 Å². The highest BCUT2D eigenvalue weighted by molar-refractivity contribution is 7.91. The molecule has 0 atom stereocenters. The lowest BCUT2D eigenvalue weighted by Crippen LogP contribution is -2.34. The third-order valence-corrected chi connectivity index (χ3v) is 6.75. The topological polar surface area (TPSA) is 95.6 Å². The number of carbonyl (C=O) groups excluding carboxylic acids is 2. The van der Waals surface area contributed by atoms with Crippen LogP contribution in [0, 0.1) is 5.92 Å². The second kappa shape index (κ2) is 9.12. The van der Waals surface area contributed by atoms with Gasteiger partial charge in [-0.1, -0.05) is 19.9 Å². The first-order valence-corrected chi connectivity index (χ1v) is 10.7. The van der Waals surface area contributed by atoms with E-state index in [0.717, 1.165) is 15.6 Å². The van der Waals surface area contributed by atoms with Crippen molar-refractivity contribution in [3.8, 4) is 0 Å². The van der Waals surface area contributed by atoms with Crippen LogP contribution in [0.3, 0.4) is 0 Å². The first kappa shape index (κ1) is 21.1. The minimum absolute atomic E-state index is 0.0674. The van der Waals surface area contributed by atoms with Crippen LogP contribution in [0.4, 0.5) is 11.4 Å². The summed E-state index contributed by atoms with van der Waals surface area (Å²) < 4.78 is 25.8. The summed E-state index contributed by atoms with van der Waals surface area (Å²) in [5.41, 5.74) is 1.15. The highest BCUT2D eigenvalue weighted by atomic mass is 32.2. The van der Waals surface area contributed by atoms with Crippen molar-refractivity contribution in [2.45, 2.75) is 24.5 Å². The van der Waals surface area contributed by atoms with Crippen LogP contribution in [0.1, 0.15) is 20.3 Å². The van der Waals surface area contributed by atoms with Crippen LogP contribution in [-0.4, -0.2) is 38.1 Å². The monoisotopic (exact) mass is 409 g/mol. The van der Waals surface area contributed by atoms with Crippen LogP contribution in [0.25, 0.3) is 0 Å². The van der Waals surface area contributed by atoms with Gasteiger partial charge in [-0.3, -0.25) is 9.59 Å². The van der Waals surface area contributed by atoms with E-state index in [0.29, 0.717) is 17.8 Å². The molecule has 27 heavy (non-hydrogen) atoms. The molecule has 1 aromatic heterocycles. The minimum Gasteiger partial charge on any atom is -0.326 e. The number of anilines is 2. The van der Waals surface area contributed by atoms with Gasteiger partial charge >= 0.3 is 0 Å². The number of carbonyl (C=O) groups is 2. The summed E-state index contributed by atoms with van der Waals surface area (Å²) >= 11 is 1.10. The maximum absolute atomic E-state index is 12.3. The van der Waals surface area contributed by atoms with Crippen LogP contribution in [0.5, 0.6) is 0 Å². The van der Waals surface area contributed by atoms with E-state index in [1.165, 1.54) is 13.1 Å². The molecule has 0 radical (unpaired) electrons. The third kappa shape index (κ3) is 6.16. The van der Waals surface area contributed by atoms with Gasteiger partial charge in [0.2, 0.25) is 11.8 Å². The van der Waals surface area contributed by atoms with Crippen molar-refractivity contribution < 1.29 is 18.0 Å². The summed E-state index contributed by atoms with van der Waals surface area (Å²) in [5, 5.41) is 7.10. The number of rotatable bonds is 8. The number of amides is 2. The lowest BCUT2D eigenvalue weighted by Gasteiger charge is -2.16. The van der Waals surface area contributed by atoms with Crippen molar-refractivity contribution in [1.29, 1.82) is 0 Å². The van der Waals surface area contributed by atoms with E-state index < -0.39 is 15.9 Å². The van der Waals surface area contributed by atoms with Crippen molar-refractivity contribution in [2.24, 2.45) is 5.92 Å². The average Bonchev–Trinajstić information content (AvgIpc) is 3.11. The molecule has 0 aliphatic carbocycles. The predicted octanol–water partition coefficient (Wildman–Crippen LogP) is 2.99. The highest BCUT2D eigenvalue weighted by Crippen LogP contribution is 2.20. The van der Waals surface area contributed by atoms with Crippen LogP contribution in [0.2, 0.25) is 0 Å². The number of nitrogens with one attached hydrogen (secondary N) is 2. The SMILES string of the molecule is CC(C)CC(=O)Nc1ccc(NC(=O)CN(C)S(=O)(=O)c2cccs2)cc1. The molecule has 2 aromatic rings. The average molecular weight is 410 g/mol. The fourth-order valence-electron chi connectivity index (χ4n) is 2.27. The molecule has 0 aliphatic rings. The van der Waals surface area contributed by atoms with Gasteiger partial charge in [-0.05, 0) is 41.6 Å². The number of sulfonamides is 1. The molecule has 2 N–H and O–H groups in total. The first-order chi connectivity index (χ1) is 12.7. The van der Waals surface area contributed by atoms with Gasteiger partial charge in [-0.25, -0.2) is 8.42 Å². The zero-order chi connectivity index (χ0) is 20.0. The summed E-state index contributed by atoms with van der Waals surface area (Å²) in [4.78, 5) is 23.9. The quantitative estimate of drug-likeness (QED) is 0.701. The molecule has 1 aromatic carbocycles. The maximum Gasteiger partial charge on any atom is 0.252 e. The number of nitrogens with zero attached hydrogens (tertiary/aromatic N) is 1. The Kier molecular flexibility index (Phi) is 7.11. The molecule has 0 saturated carbocycles. The van der Waals surface area contributed by atoms with Crippen molar-refractivity contribution >= 4 is 44.5 Å². The Bertz CT molecular complexity index is 876. The van der Waals surface area contributed by atoms with Crippen LogP contribution >= 0.6 is 11.3 Å². The molecule has 7 nitrogen and oxygen atoms in total. The largest absolute Gasteiger partial charge is 0.326 e. The molecule has 146 valence electrons. The zero-order valence-corrected chi connectivity index (χ0v) is 17.1. The summed E-state index contributed by atoms with van der Waals surface area (Å²) in [6.45, 7) is 3.63. The predicted molar refractivity (Wildman–Crippen MR) is 107 cm³/mol. The molecule has 0 bridgehead atoms. The Morgan fingerprint density at radius 3 is 2.07 bits per heavy atom. The van der Waals surface area contributed by atoms with Gasteiger partial charge in [0.25, 0.3) is 10.0 Å². The second-order valence-corrected chi connectivity index (χ2v) is 9.68. The van der Waals surface area contributed by atoms with Gasteiger partial charge in [-0.15, -0.1) is 11.3 Å². The van der Waals surface area contributed by atoms with Crippen LogP contribution in [0.15, 0.2) is 46.0 Å². The fourth-order valence-corrected chi connectivity index (χ4v) is 4.60. The van der Waals surface area contributed by atoms with Crippen molar-refractivity contribution in [2.75, 3.05) is 24.2 Å². The van der Waals surface area contributed by atoms with Gasteiger partial charge in [0.05, 0.1) is 6.54 Å². The summed E-state index contributed by atoms with van der Waals surface area (Å²) in [6.07, 6.45) is 0.434. The Balaban J connectivity index is 1.91. The standard InChI is InChI=1S/C18H23N3O4S2/c1-13(2)11-16(22)19-14-6-8-15(9-7-14)20-17(23)12-21(3)27(24,25)18-5-4-10-26-18/h4-10,13H,11-12H2,1-3H3,(H,19,22)(H,20,23). The van der Waals surface area contributed by atoms with E-state index in [4.69, 9.17) is 0 Å². The summed E-state index contributed by atoms with van der Waals surface area (Å²) in [6, 6.07) is 9.81. The van der Waals surface area contributed by atoms with Crippen LogP contribution in [-0.2, 0) is 19.6 Å². The van der Waals surface area contributed by atoms with Crippen molar-refractivity contribution in [3.05, 3.63) is 41.8 Å². The molecule has 0 saturated heterocycles. The van der Waals surface area contributed by atoms with E-state index in [1.54, 1.807) is 35.7 Å². The Labute approximate surface area is 163 Å². The molecule has 0 fully saturated rings. The van der Waals surface area contributed by atoms with Crippen molar-refractivity contribution in [1.82, 2.24) is 4.31 Å². The molecule has 2 amide bonds. The molecule has 9 heteroatoms.